The number of nitro benzene ring substituents is 1. The summed E-state index contributed by atoms with van der Waals surface area (Å²) in [5.74, 6) is -0.530. The summed E-state index contributed by atoms with van der Waals surface area (Å²) >= 11 is 12.7. The Morgan fingerprint density at radius 3 is 2.52 bits per heavy atom. The van der Waals surface area contributed by atoms with E-state index >= 15 is 0 Å². The molecule has 0 aliphatic heterocycles. The van der Waals surface area contributed by atoms with Gasteiger partial charge in [-0.15, -0.1) is 0 Å². The molecule has 0 unspecified atom stereocenters. The molecule has 0 N–H and O–H groups in total. The standard InChI is InChI=1S/C17H13Br2ClFNO5/c1-26-17(23)13(21)7-9-5-11(18)16(12(19)6-9)27-8-10-3-2-4-14(15(10)20)22(24)25/h2-6,13H,7-8H2,1H3/t13-/m0/s1. The van der Waals surface area contributed by atoms with Gasteiger partial charge in [-0.3, -0.25) is 10.1 Å². The van der Waals surface area contributed by atoms with Gasteiger partial charge in [0.05, 0.1) is 21.0 Å². The molecular weight excluding hydrogens is 512 g/mol. The van der Waals surface area contributed by atoms with Crippen LogP contribution in [0.2, 0.25) is 5.02 Å². The van der Waals surface area contributed by atoms with E-state index in [0.717, 1.165) is 7.11 Å². The van der Waals surface area contributed by atoms with Crippen molar-refractivity contribution in [3.05, 3.63) is 65.5 Å². The fourth-order valence-corrected chi connectivity index (χ4v) is 4.01. The lowest BCUT2D eigenvalue weighted by Crippen LogP contribution is -2.19. The van der Waals surface area contributed by atoms with E-state index in [-0.39, 0.29) is 23.7 Å². The van der Waals surface area contributed by atoms with Gasteiger partial charge >= 0.3 is 5.97 Å². The molecule has 27 heavy (non-hydrogen) atoms. The lowest BCUT2D eigenvalue weighted by atomic mass is 10.1. The minimum Gasteiger partial charge on any atom is -0.486 e. The number of carbonyl (C=O) groups is 1. The van der Waals surface area contributed by atoms with Crippen molar-refractivity contribution in [2.45, 2.75) is 19.2 Å². The molecule has 0 spiro atoms. The lowest BCUT2D eigenvalue weighted by Gasteiger charge is -2.14. The normalized spacial score (nSPS) is 11.7. The number of hydrogen-bond acceptors (Lipinski definition) is 5. The summed E-state index contributed by atoms with van der Waals surface area (Å²) in [6.45, 7) is -0.00897. The summed E-state index contributed by atoms with van der Waals surface area (Å²) < 4.78 is 24.9. The van der Waals surface area contributed by atoms with Crippen LogP contribution in [0.3, 0.4) is 0 Å². The van der Waals surface area contributed by atoms with Crippen LogP contribution in [0.15, 0.2) is 39.3 Å². The monoisotopic (exact) mass is 523 g/mol. The number of benzene rings is 2. The van der Waals surface area contributed by atoms with Gasteiger partial charge in [0, 0.05) is 18.1 Å². The van der Waals surface area contributed by atoms with E-state index in [1.165, 1.54) is 12.1 Å². The Morgan fingerprint density at radius 2 is 1.96 bits per heavy atom. The lowest BCUT2D eigenvalue weighted by molar-refractivity contribution is -0.384. The molecular formula is C17H13Br2ClFNO5. The molecule has 1 atom stereocenters. The molecule has 0 aliphatic rings. The minimum atomic E-state index is -1.77. The second-order valence-electron chi connectivity index (χ2n) is 5.38. The zero-order valence-electron chi connectivity index (χ0n) is 13.9. The van der Waals surface area contributed by atoms with Gasteiger partial charge in [-0.25, -0.2) is 9.18 Å². The Bertz CT molecular complexity index is 857. The van der Waals surface area contributed by atoms with Crippen molar-refractivity contribution in [2.24, 2.45) is 0 Å². The Kier molecular flexibility index (Phi) is 7.58. The number of hydrogen-bond donors (Lipinski definition) is 0. The van der Waals surface area contributed by atoms with Gasteiger partial charge in [-0.05, 0) is 49.6 Å². The van der Waals surface area contributed by atoms with E-state index in [0.29, 0.717) is 25.8 Å². The van der Waals surface area contributed by atoms with E-state index in [1.807, 2.05) is 0 Å². The quantitative estimate of drug-likeness (QED) is 0.275. The maximum atomic E-state index is 13.8. The Balaban J connectivity index is 2.17. The number of nitro groups is 1. The molecule has 0 heterocycles. The predicted octanol–water partition coefficient (Wildman–Crippen LogP) is 5.41. The summed E-state index contributed by atoms with van der Waals surface area (Å²) in [5.41, 5.74) is 0.790. The van der Waals surface area contributed by atoms with Crippen molar-refractivity contribution >= 4 is 55.1 Å². The van der Waals surface area contributed by atoms with Crippen molar-refractivity contribution in [2.75, 3.05) is 7.11 Å². The fraction of sp³-hybridized carbons (Fsp3) is 0.235. The smallest absolute Gasteiger partial charge is 0.340 e. The van der Waals surface area contributed by atoms with Crippen molar-refractivity contribution < 1.29 is 23.6 Å². The number of nitrogens with zero attached hydrogens (tertiary/aromatic N) is 1. The molecule has 0 fully saturated rings. The van der Waals surface area contributed by atoms with Gasteiger partial charge < -0.3 is 9.47 Å². The Hall–Kier alpha value is -1.71. The zero-order chi connectivity index (χ0) is 20.1. The zero-order valence-corrected chi connectivity index (χ0v) is 17.8. The number of esters is 1. The maximum Gasteiger partial charge on any atom is 0.340 e. The summed E-state index contributed by atoms with van der Waals surface area (Å²) in [4.78, 5) is 21.6. The number of alkyl halides is 1. The van der Waals surface area contributed by atoms with Crippen molar-refractivity contribution in [3.63, 3.8) is 0 Å². The first-order chi connectivity index (χ1) is 12.7. The topological polar surface area (TPSA) is 78.7 Å². The van der Waals surface area contributed by atoms with E-state index in [1.54, 1.807) is 18.2 Å². The number of methoxy groups -OCH3 is 1. The van der Waals surface area contributed by atoms with E-state index < -0.39 is 17.1 Å². The van der Waals surface area contributed by atoms with Gasteiger partial charge in [-0.2, -0.15) is 0 Å². The molecule has 6 nitrogen and oxygen atoms in total. The summed E-state index contributed by atoms with van der Waals surface area (Å²) in [6.07, 6.45) is -1.93. The van der Waals surface area contributed by atoms with Crippen LogP contribution in [-0.4, -0.2) is 24.2 Å². The summed E-state index contributed by atoms with van der Waals surface area (Å²) in [5, 5.41) is 11.0. The maximum absolute atomic E-state index is 13.8. The Morgan fingerprint density at radius 1 is 1.33 bits per heavy atom. The highest BCUT2D eigenvalue weighted by atomic mass is 79.9. The molecule has 0 saturated heterocycles. The molecule has 2 aromatic carbocycles. The van der Waals surface area contributed by atoms with Crippen LogP contribution in [0.4, 0.5) is 10.1 Å². The molecule has 0 amide bonds. The highest BCUT2D eigenvalue weighted by Gasteiger charge is 2.20. The van der Waals surface area contributed by atoms with Gasteiger partial charge in [0.2, 0.25) is 6.17 Å². The number of halogens is 4. The van der Waals surface area contributed by atoms with E-state index in [2.05, 4.69) is 36.6 Å². The van der Waals surface area contributed by atoms with Gasteiger partial charge in [0.1, 0.15) is 17.4 Å². The molecule has 10 heteroatoms. The molecule has 0 aliphatic carbocycles. The van der Waals surface area contributed by atoms with Gasteiger partial charge in [0.15, 0.2) is 0 Å². The van der Waals surface area contributed by atoms with Crippen LogP contribution >= 0.6 is 43.5 Å². The number of ether oxygens (including phenoxy) is 2. The molecule has 2 rings (SSSR count). The average molecular weight is 526 g/mol. The average Bonchev–Trinajstić information content (AvgIpc) is 2.61. The van der Waals surface area contributed by atoms with Crippen LogP contribution in [0.25, 0.3) is 0 Å². The third-order valence-corrected chi connectivity index (χ3v) is 5.17. The van der Waals surface area contributed by atoms with Gasteiger partial charge in [0.25, 0.3) is 5.69 Å². The molecule has 2 aromatic rings. The molecule has 0 radical (unpaired) electrons. The summed E-state index contributed by atoms with van der Waals surface area (Å²) in [6, 6.07) is 7.68. The Labute approximate surface area is 176 Å². The van der Waals surface area contributed by atoms with Gasteiger partial charge in [-0.1, -0.05) is 23.7 Å². The van der Waals surface area contributed by atoms with Crippen LogP contribution in [0, 0.1) is 10.1 Å². The molecule has 144 valence electrons. The van der Waals surface area contributed by atoms with E-state index in [4.69, 9.17) is 16.3 Å². The first-order valence-electron chi connectivity index (χ1n) is 7.49. The van der Waals surface area contributed by atoms with Crippen LogP contribution in [0.5, 0.6) is 5.75 Å². The third kappa shape index (κ3) is 5.40. The van der Waals surface area contributed by atoms with Crippen LogP contribution in [0.1, 0.15) is 11.1 Å². The number of rotatable bonds is 7. The highest BCUT2D eigenvalue weighted by molar-refractivity contribution is 9.11. The molecule has 0 bridgehead atoms. The second kappa shape index (κ2) is 9.48. The van der Waals surface area contributed by atoms with Crippen molar-refractivity contribution in [3.8, 4) is 5.75 Å². The minimum absolute atomic E-state index is 0.00436. The summed E-state index contributed by atoms with van der Waals surface area (Å²) in [7, 11) is 1.12. The highest BCUT2D eigenvalue weighted by Crippen LogP contribution is 2.37. The third-order valence-electron chi connectivity index (χ3n) is 3.56. The van der Waals surface area contributed by atoms with Crippen LogP contribution in [-0.2, 0) is 22.6 Å². The molecule has 0 saturated carbocycles. The van der Waals surface area contributed by atoms with Crippen molar-refractivity contribution in [1.29, 1.82) is 0 Å². The first-order valence-corrected chi connectivity index (χ1v) is 9.45. The molecule has 0 aromatic heterocycles. The second-order valence-corrected chi connectivity index (χ2v) is 7.47. The SMILES string of the molecule is COC(=O)[C@@H](F)Cc1cc(Br)c(OCc2cccc([N+](=O)[O-])c2Cl)c(Br)c1. The van der Waals surface area contributed by atoms with E-state index in [9.17, 15) is 19.3 Å². The van der Waals surface area contributed by atoms with Crippen LogP contribution < -0.4 is 4.74 Å². The first kappa shape index (κ1) is 21.6. The largest absolute Gasteiger partial charge is 0.486 e. The van der Waals surface area contributed by atoms with Crippen molar-refractivity contribution in [1.82, 2.24) is 0 Å². The predicted molar refractivity (Wildman–Crippen MR) is 105 cm³/mol. The number of carbonyl (C=O) groups excluding carboxylic acids is 1. The fourth-order valence-electron chi connectivity index (χ4n) is 2.25.